The number of rotatable bonds is 5. The maximum Gasteiger partial charge on any atom is 0.416 e. The number of nitrogens with one attached hydrogen (secondary N) is 1. The monoisotopic (exact) mass is 463 g/mol. The summed E-state index contributed by atoms with van der Waals surface area (Å²) in [6.45, 7) is 1.61. The summed E-state index contributed by atoms with van der Waals surface area (Å²) >= 11 is 0. The van der Waals surface area contributed by atoms with Gasteiger partial charge in [0.2, 0.25) is 0 Å². The zero-order valence-corrected chi connectivity index (χ0v) is 18.3. The van der Waals surface area contributed by atoms with Crippen molar-refractivity contribution in [3.05, 3.63) is 77.4 Å². The van der Waals surface area contributed by atoms with Crippen LogP contribution in [0.25, 0.3) is 11.3 Å². The molecule has 0 aliphatic carbocycles. The van der Waals surface area contributed by atoms with Crippen molar-refractivity contribution in [2.24, 2.45) is 0 Å². The van der Waals surface area contributed by atoms with E-state index in [0.29, 0.717) is 11.3 Å². The van der Waals surface area contributed by atoms with Crippen molar-refractivity contribution in [1.29, 1.82) is 0 Å². The molecule has 1 aromatic heterocycles. The van der Waals surface area contributed by atoms with Gasteiger partial charge in [0.15, 0.2) is 15.7 Å². The molecule has 1 N–H and O–H groups in total. The van der Waals surface area contributed by atoms with Crippen molar-refractivity contribution in [2.75, 3.05) is 18.3 Å². The molecule has 3 aromatic rings. The number of carbonyl (C=O) groups is 1. The summed E-state index contributed by atoms with van der Waals surface area (Å²) < 4.78 is 63.8. The second-order valence-corrected chi connectivity index (χ2v) is 9.15. The van der Waals surface area contributed by atoms with Crippen LogP contribution in [-0.4, -0.2) is 32.6 Å². The van der Waals surface area contributed by atoms with Gasteiger partial charge >= 0.3 is 6.18 Å². The van der Waals surface area contributed by atoms with Crippen LogP contribution in [0, 0.1) is 6.92 Å². The summed E-state index contributed by atoms with van der Waals surface area (Å²) in [5, 5.41) is 1.10. The van der Waals surface area contributed by atoms with Gasteiger partial charge in [0, 0.05) is 24.4 Å². The highest BCUT2D eigenvalue weighted by Gasteiger charge is 2.31. The largest absolute Gasteiger partial charge is 0.416 e. The van der Waals surface area contributed by atoms with Gasteiger partial charge in [-0.25, -0.2) is 13.4 Å². The summed E-state index contributed by atoms with van der Waals surface area (Å²) in [4.78, 5) is 16.9. The predicted molar refractivity (Wildman–Crippen MR) is 115 cm³/mol. The number of hydrogen-bond donors (Lipinski definition) is 1. The first kappa shape index (κ1) is 23.3. The molecule has 10 heteroatoms. The Morgan fingerprint density at radius 3 is 2.28 bits per heavy atom. The Morgan fingerprint density at radius 1 is 1.03 bits per heavy atom. The van der Waals surface area contributed by atoms with E-state index in [-0.39, 0.29) is 16.3 Å². The van der Waals surface area contributed by atoms with Crippen molar-refractivity contribution in [3.8, 4) is 11.3 Å². The third kappa shape index (κ3) is 5.08. The quantitative estimate of drug-likeness (QED) is 0.572. The van der Waals surface area contributed by atoms with Gasteiger partial charge in [-0.1, -0.05) is 36.4 Å². The number of pyridine rings is 1. The van der Waals surface area contributed by atoms with E-state index < -0.39 is 27.5 Å². The number of benzene rings is 2. The van der Waals surface area contributed by atoms with E-state index in [1.165, 1.54) is 13.1 Å². The lowest BCUT2D eigenvalue weighted by molar-refractivity contribution is -0.137. The van der Waals surface area contributed by atoms with Crippen LogP contribution in [0.15, 0.2) is 65.6 Å². The molecule has 0 fully saturated rings. The van der Waals surface area contributed by atoms with E-state index in [2.05, 4.69) is 10.4 Å². The van der Waals surface area contributed by atoms with Crippen molar-refractivity contribution in [2.45, 2.75) is 18.0 Å². The van der Waals surface area contributed by atoms with Crippen molar-refractivity contribution in [1.82, 2.24) is 10.4 Å². The average molecular weight is 463 g/mol. The number of anilines is 1. The molecule has 0 saturated heterocycles. The van der Waals surface area contributed by atoms with Gasteiger partial charge in [0.25, 0.3) is 5.91 Å². The molecule has 6 nitrogen and oxygen atoms in total. The van der Waals surface area contributed by atoms with Gasteiger partial charge in [-0.2, -0.15) is 13.2 Å². The van der Waals surface area contributed by atoms with Crippen LogP contribution in [0.1, 0.15) is 21.5 Å². The predicted octanol–water partition coefficient (Wildman–Crippen LogP) is 4.26. The second-order valence-electron chi connectivity index (χ2n) is 7.19. The first-order valence-corrected chi connectivity index (χ1v) is 11.3. The highest BCUT2D eigenvalue weighted by Crippen LogP contribution is 2.31. The van der Waals surface area contributed by atoms with Crippen LogP contribution < -0.4 is 10.4 Å². The van der Waals surface area contributed by atoms with E-state index in [1.54, 1.807) is 37.3 Å². The molecule has 32 heavy (non-hydrogen) atoms. The van der Waals surface area contributed by atoms with E-state index in [0.717, 1.165) is 35.0 Å². The number of hydrogen-bond acceptors (Lipinski definition) is 5. The Labute approximate surface area is 183 Å². The highest BCUT2D eigenvalue weighted by atomic mass is 32.2. The SMILES string of the molecule is Cc1cc(-c2ccccc2)nc(N(C)NC(=O)c2cccc(C(F)(F)F)c2)c1S(C)(=O)=O. The minimum atomic E-state index is -4.60. The van der Waals surface area contributed by atoms with Gasteiger partial charge in [0.05, 0.1) is 11.3 Å². The summed E-state index contributed by atoms with van der Waals surface area (Å²) in [6, 6.07) is 14.6. The number of aromatic nitrogens is 1. The summed E-state index contributed by atoms with van der Waals surface area (Å²) in [6.07, 6.45) is -3.58. The Balaban J connectivity index is 2.02. The Hall–Kier alpha value is -3.40. The van der Waals surface area contributed by atoms with Crippen molar-refractivity contribution >= 4 is 21.6 Å². The Morgan fingerprint density at radius 2 is 1.69 bits per heavy atom. The molecule has 0 aliphatic heterocycles. The number of aryl methyl sites for hydroxylation is 1. The number of sulfone groups is 1. The summed E-state index contributed by atoms with van der Waals surface area (Å²) in [7, 11) is -2.37. The van der Waals surface area contributed by atoms with Crippen molar-refractivity contribution in [3.63, 3.8) is 0 Å². The molecular formula is C22H20F3N3O3S. The summed E-state index contributed by atoms with van der Waals surface area (Å²) in [5.74, 6) is -0.894. The third-order valence-corrected chi connectivity index (χ3v) is 5.87. The molecular weight excluding hydrogens is 443 g/mol. The van der Waals surface area contributed by atoms with Crippen LogP contribution in [0.3, 0.4) is 0 Å². The number of hydrazine groups is 1. The number of carbonyl (C=O) groups excluding carboxylic acids is 1. The standard InChI is InChI=1S/C22H20F3N3O3S/c1-14-12-18(15-8-5-4-6-9-15)26-20(19(14)32(3,30)31)28(2)27-21(29)16-10-7-11-17(13-16)22(23,24)25/h4-13H,1-3H3,(H,27,29). The Bertz CT molecular complexity index is 1260. The maximum atomic E-state index is 13.0. The average Bonchev–Trinajstić information content (AvgIpc) is 2.72. The molecule has 2 aromatic carbocycles. The molecule has 0 bridgehead atoms. The van der Waals surface area contributed by atoms with Crippen LogP contribution in [0.2, 0.25) is 0 Å². The first-order valence-electron chi connectivity index (χ1n) is 9.37. The van der Waals surface area contributed by atoms with Crippen LogP contribution in [-0.2, 0) is 16.0 Å². The fraction of sp³-hybridized carbons (Fsp3) is 0.182. The first-order chi connectivity index (χ1) is 14.9. The molecule has 0 saturated carbocycles. The number of alkyl halides is 3. The second kappa shape index (κ2) is 8.62. The van der Waals surface area contributed by atoms with Crippen LogP contribution in [0.5, 0.6) is 0 Å². The zero-order valence-electron chi connectivity index (χ0n) is 17.4. The van der Waals surface area contributed by atoms with Crippen LogP contribution >= 0.6 is 0 Å². The van der Waals surface area contributed by atoms with Gasteiger partial charge < -0.3 is 0 Å². The molecule has 1 amide bonds. The fourth-order valence-electron chi connectivity index (χ4n) is 3.19. The molecule has 0 spiro atoms. The molecule has 1 heterocycles. The smallest absolute Gasteiger partial charge is 0.270 e. The third-order valence-electron chi connectivity index (χ3n) is 4.62. The van der Waals surface area contributed by atoms with E-state index in [9.17, 15) is 26.4 Å². The van der Waals surface area contributed by atoms with Crippen molar-refractivity contribution < 1.29 is 26.4 Å². The molecule has 0 aliphatic rings. The van der Waals surface area contributed by atoms with E-state index in [1.807, 2.05) is 6.07 Å². The lowest BCUT2D eigenvalue weighted by Crippen LogP contribution is -2.41. The number of amides is 1. The summed E-state index contributed by atoms with van der Waals surface area (Å²) in [5.41, 5.74) is 2.83. The zero-order chi connectivity index (χ0) is 23.7. The normalized spacial score (nSPS) is 11.8. The topological polar surface area (TPSA) is 79.4 Å². The molecule has 3 rings (SSSR count). The molecule has 168 valence electrons. The minimum absolute atomic E-state index is 0.0494. The minimum Gasteiger partial charge on any atom is -0.270 e. The fourth-order valence-corrected chi connectivity index (χ4v) is 4.35. The van der Waals surface area contributed by atoms with Gasteiger partial charge in [0.1, 0.15) is 4.90 Å². The molecule has 0 radical (unpaired) electrons. The lowest BCUT2D eigenvalue weighted by atomic mass is 10.1. The Kier molecular flexibility index (Phi) is 6.27. The number of halogens is 3. The number of nitrogens with zero attached hydrogens (tertiary/aromatic N) is 2. The van der Waals surface area contributed by atoms with Gasteiger partial charge in [-0.05, 0) is 36.8 Å². The molecule has 0 unspecified atom stereocenters. The van der Waals surface area contributed by atoms with E-state index >= 15 is 0 Å². The molecule has 0 atom stereocenters. The van der Waals surface area contributed by atoms with Crippen LogP contribution in [0.4, 0.5) is 19.0 Å². The lowest BCUT2D eigenvalue weighted by Gasteiger charge is -2.23. The van der Waals surface area contributed by atoms with E-state index in [4.69, 9.17) is 0 Å². The van der Waals surface area contributed by atoms with Gasteiger partial charge in [-0.3, -0.25) is 15.2 Å². The highest BCUT2D eigenvalue weighted by molar-refractivity contribution is 7.91. The van der Waals surface area contributed by atoms with Gasteiger partial charge in [-0.15, -0.1) is 0 Å². The maximum absolute atomic E-state index is 13.0.